The third kappa shape index (κ3) is 5.63. The maximum atomic E-state index is 13.1. The number of carbonyl (C=O) groups is 1. The van der Waals surface area contributed by atoms with Crippen molar-refractivity contribution < 1.29 is 13.9 Å². The molecular formula is C22H26FN3O2. The number of nitrogens with one attached hydrogen (secondary N) is 2. The molecule has 1 atom stereocenters. The number of rotatable bonds is 5. The molecule has 5 nitrogen and oxygen atoms in total. The number of halogens is 1. The molecule has 0 aliphatic carbocycles. The van der Waals surface area contributed by atoms with E-state index in [1.54, 1.807) is 0 Å². The molecule has 1 saturated heterocycles. The van der Waals surface area contributed by atoms with Crippen LogP contribution in [0.1, 0.15) is 48.5 Å². The van der Waals surface area contributed by atoms with Gasteiger partial charge in [-0.1, -0.05) is 26.0 Å². The van der Waals surface area contributed by atoms with Crippen molar-refractivity contribution >= 4 is 17.6 Å². The lowest BCUT2D eigenvalue weighted by Gasteiger charge is -2.15. The van der Waals surface area contributed by atoms with Gasteiger partial charge in [-0.05, 0) is 60.7 Å². The van der Waals surface area contributed by atoms with E-state index < -0.39 is 0 Å². The maximum absolute atomic E-state index is 13.1. The van der Waals surface area contributed by atoms with Crippen molar-refractivity contribution in [1.82, 2.24) is 5.32 Å². The Bertz CT molecular complexity index is 828. The molecule has 1 fully saturated rings. The molecule has 0 aromatic heterocycles. The highest BCUT2D eigenvalue weighted by Crippen LogP contribution is 2.18. The first-order valence-corrected chi connectivity index (χ1v) is 9.61. The first-order valence-electron chi connectivity index (χ1n) is 9.61. The van der Waals surface area contributed by atoms with Crippen molar-refractivity contribution in [2.24, 2.45) is 4.99 Å². The minimum atomic E-state index is -0.382. The van der Waals surface area contributed by atoms with Gasteiger partial charge in [0.1, 0.15) is 5.82 Å². The van der Waals surface area contributed by atoms with Crippen molar-refractivity contribution in [3.05, 3.63) is 65.5 Å². The molecule has 28 heavy (non-hydrogen) atoms. The highest BCUT2D eigenvalue weighted by atomic mass is 19.1. The monoisotopic (exact) mass is 383 g/mol. The van der Waals surface area contributed by atoms with Gasteiger partial charge in [0.15, 0.2) is 0 Å². The van der Waals surface area contributed by atoms with E-state index in [2.05, 4.69) is 35.5 Å². The van der Waals surface area contributed by atoms with Crippen LogP contribution in [0.4, 0.5) is 10.1 Å². The number of carbonyl (C=O) groups excluding carboxylic acids is 1. The lowest BCUT2D eigenvalue weighted by atomic mass is 10.0. The predicted molar refractivity (Wildman–Crippen MR) is 109 cm³/mol. The first kappa shape index (κ1) is 20.0. The number of anilines is 1. The quantitative estimate of drug-likeness (QED) is 0.597. The number of nitrogens with zero attached hydrogens (tertiary/aromatic N) is 1. The van der Waals surface area contributed by atoms with E-state index in [-0.39, 0.29) is 17.8 Å². The van der Waals surface area contributed by atoms with E-state index in [1.807, 2.05) is 18.2 Å². The molecule has 1 amide bonds. The van der Waals surface area contributed by atoms with Crippen LogP contribution >= 0.6 is 0 Å². The van der Waals surface area contributed by atoms with E-state index in [0.29, 0.717) is 24.0 Å². The number of ether oxygens (including phenoxy) is 1. The number of guanidine groups is 1. The molecule has 2 aromatic carbocycles. The minimum Gasteiger partial charge on any atom is -0.376 e. The first-order chi connectivity index (χ1) is 13.5. The SMILES string of the molecule is CC(C)c1cccc(NC(=NC[C@@H]2CCCO2)NC(=O)c2ccc(F)cc2)c1. The standard InChI is InChI=1S/C22H26FN3O2/c1-15(2)17-5-3-6-19(13-17)25-22(24-14-20-7-4-12-28-20)26-21(27)16-8-10-18(23)11-9-16/h3,5-6,8-11,13,15,20H,4,7,12,14H2,1-2H3,(H2,24,25,26,27)/t20-/m0/s1. The average Bonchev–Trinajstić information content (AvgIpc) is 3.20. The van der Waals surface area contributed by atoms with Crippen molar-refractivity contribution in [2.75, 3.05) is 18.5 Å². The van der Waals surface area contributed by atoms with Gasteiger partial charge in [0.25, 0.3) is 5.91 Å². The smallest absolute Gasteiger partial charge is 0.257 e. The van der Waals surface area contributed by atoms with Crippen molar-refractivity contribution in [3.63, 3.8) is 0 Å². The van der Waals surface area contributed by atoms with Gasteiger partial charge in [0.05, 0.1) is 12.6 Å². The molecule has 1 heterocycles. The van der Waals surface area contributed by atoms with E-state index >= 15 is 0 Å². The molecule has 0 saturated carbocycles. The molecular weight excluding hydrogens is 357 g/mol. The van der Waals surface area contributed by atoms with Gasteiger partial charge >= 0.3 is 0 Å². The van der Waals surface area contributed by atoms with Gasteiger partial charge in [-0.3, -0.25) is 10.1 Å². The van der Waals surface area contributed by atoms with Crippen LogP contribution < -0.4 is 10.6 Å². The topological polar surface area (TPSA) is 62.7 Å². The second kappa shape index (κ2) is 9.46. The lowest BCUT2D eigenvalue weighted by Crippen LogP contribution is -2.36. The molecule has 3 rings (SSSR count). The summed E-state index contributed by atoms with van der Waals surface area (Å²) in [6.45, 7) is 5.47. The number of amides is 1. The zero-order valence-corrected chi connectivity index (χ0v) is 16.2. The summed E-state index contributed by atoms with van der Waals surface area (Å²) in [6.07, 6.45) is 2.06. The minimum absolute atomic E-state index is 0.0709. The highest BCUT2D eigenvalue weighted by Gasteiger charge is 2.16. The lowest BCUT2D eigenvalue weighted by molar-refractivity contribution is 0.0975. The Hall–Kier alpha value is -2.73. The summed E-state index contributed by atoms with van der Waals surface area (Å²) in [4.78, 5) is 17.1. The molecule has 2 aromatic rings. The van der Waals surface area contributed by atoms with E-state index in [4.69, 9.17) is 4.74 Å². The molecule has 1 aliphatic heterocycles. The Kier molecular flexibility index (Phi) is 6.76. The second-order valence-electron chi connectivity index (χ2n) is 7.19. The zero-order valence-electron chi connectivity index (χ0n) is 16.2. The Morgan fingerprint density at radius 2 is 2.04 bits per heavy atom. The average molecular weight is 383 g/mol. The van der Waals surface area contributed by atoms with Crippen molar-refractivity contribution in [3.8, 4) is 0 Å². The van der Waals surface area contributed by atoms with Gasteiger partial charge in [-0.15, -0.1) is 0 Å². The fraction of sp³-hybridized carbons (Fsp3) is 0.364. The summed E-state index contributed by atoms with van der Waals surface area (Å²) < 4.78 is 18.7. The van der Waals surface area contributed by atoms with Crippen LogP contribution in [0.25, 0.3) is 0 Å². The maximum Gasteiger partial charge on any atom is 0.257 e. The molecule has 2 N–H and O–H groups in total. The molecule has 6 heteroatoms. The highest BCUT2D eigenvalue weighted by molar-refractivity contribution is 6.09. The predicted octanol–water partition coefficient (Wildman–Crippen LogP) is 4.33. The number of hydrogen-bond acceptors (Lipinski definition) is 3. The van der Waals surface area contributed by atoms with Crippen LogP contribution in [-0.2, 0) is 4.74 Å². The zero-order chi connectivity index (χ0) is 19.9. The van der Waals surface area contributed by atoms with Crippen LogP contribution in [0.3, 0.4) is 0 Å². The van der Waals surface area contributed by atoms with E-state index in [1.165, 1.54) is 29.8 Å². The molecule has 1 aliphatic rings. The third-order valence-electron chi connectivity index (χ3n) is 4.63. The molecule has 0 bridgehead atoms. The van der Waals surface area contributed by atoms with Gasteiger partial charge in [0.2, 0.25) is 5.96 Å². The summed E-state index contributed by atoms with van der Waals surface area (Å²) in [7, 11) is 0. The summed E-state index contributed by atoms with van der Waals surface area (Å²) >= 11 is 0. The van der Waals surface area contributed by atoms with E-state index in [9.17, 15) is 9.18 Å². The second-order valence-corrected chi connectivity index (χ2v) is 7.19. The summed E-state index contributed by atoms with van der Waals surface area (Å²) in [6, 6.07) is 13.4. The Morgan fingerprint density at radius 1 is 1.25 bits per heavy atom. The molecule has 0 radical (unpaired) electrons. The Labute approximate surface area is 165 Å². The van der Waals surface area contributed by atoms with Crippen molar-refractivity contribution in [2.45, 2.75) is 38.7 Å². The molecule has 0 unspecified atom stereocenters. The van der Waals surface area contributed by atoms with Gasteiger partial charge < -0.3 is 10.1 Å². The van der Waals surface area contributed by atoms with E-state index in [0.717, 1.165) is 25.1 Å². The number of hydrogen-bond donors (Lipinski definition) is 2. The number of aliphatic imine (C=N–C) groups is 1. The fourth-order valence-corrected chi connectivity index (χ4v) is 2.98. The Morgan fingerprint density at radius 3 is 2.71 bits per heavy atom. The third-order valence-corrected chi connectivity index (χ3v) is 4.63. The Balaban J connectivity index is 1.76. The molecule has 148 valence electrons. The fourth-order valence-electron chi connectivity index (χ4n) is 2.98. The van der Waals surface area contributed by atoms with Gasteiger partial charge in [-0.25, -0.2) is 9.38 Å². The number of benzene rings is 2. The summed E-state index contributed by atoms with van der Waals surface area (Å²) in [5, 5.41) is 5.99. The van der Waals surface area contributed by atoms with Crippen LogP contribution in [0.5, 0.6) is 0 Å². The molecule has 0 spiro atoms. The van der Waals surface area contributed by atoms with Crippen LogP contribution in [-0.4, -0.2) is 31.1 Å². The summed E-state index contributed by atoms with van der Waals surface area (Å²) in [5.74, 6) is 0.0135. The van der Waals surface area contributed by atoms with Crippen LogP contribution in [0, 0.1) is 5.82 Å². The van der Waals surface area contributed by atoms with Crippen molar-refractivity contribution in [1.29, 1.82) is 0 Å². The van der Waals surface area contributed by atoms with Gasteiger partial charge in [-0.2, -0.15) is 0 Å². The summed E-state index contributed by atoms with van der Waals surface area (Å²) in [5.41, 5.74) is 2.40. The largest absolute Gasteiger partial charge is 0.376 e. The normalized spacial score (nSPS) is 17.0. The van der Waals surface area contributed by atoms with Crippen LogP contribution in [0.2, 0.25) is 0 Å². The van der Waals surface area contributed by atoms with Gasteiger partial charge in [0, 0.05) is 17.9 Å². The van der Waals surface area contributed by atoms with Crippen LogP contribution in [0.15, 0.2) is 53.5 Å².